The number of carboxylic acid groups (broad SMARTS) is 1. The van der Waals surface area contributed by atoms with E-state index in [2.05, 4.69) is 37.2 Å². The lowest BCUT2D eigenvalue weighted by atomic mass is 10.1. The van der Waals surface area contributed by atoms with Crippen molar-refractivity contribution in [2.24, 2.45) is 11.5 Å². The third kappa shape index (κ3) is 15.3. The molecule has 23 heteroatoms. The largest absolute Gasteiger partial charge is 0.480 e. The van der Waals surface area contributed by atoms with Gasteiger partial charge >= 0.3 is 5.97 Å². The number of carboxylic acids is 1. The van der Waals surface area contributed by atoms with Crippen LogP contribution in [0.4, 0.5) is 0 Å². The average molecular weight is 844 g/mol. The van der Waals surface area contributed by atoms with Crippen LogP contribution in [0, 0.1) is 0 Å². The second-order valence-electron chi connectivity index (χ2n) is 14.1. The van der Waals surface area contributed by atoms with Crippen molar-refractivity contribution >= 4 is 65.0 Å². The van der Waals surface area contributed by atoms with E-state index in [0.717, 1.165) is 4.90 Å². The van der Waals surface area contributed by atoms with Gasteiger partial charge in [0.1, 0.15) is 30.2 Å². The highest BCUT2D eigenvalue weighted by Crippen LogP contribution is 2.18. The predicted octanol–water partition coefficient (Wildman–Crippen LogP) is -5.54. The molecule has 2 fully saturated rings. The summed E-state index contributed by atoms with van der Waals surface area (Å²) in [7, 11) is 0. The van der Waals surface area contributed by atoms with Gasteiger partial charge in [-0.05, 0) is 44.6 Å². The van der Waals surface area contributed by atoms with Gasteiger partial charge in [0.15, 0.2) is 0 Å². The molecule has 2 aliphatic rings. The van der Waals surface area contributed by atoms with Crippen molar-refractivity contribution in [3.05, 3.63) is 35.9 Å². The van der Waals surface area contributed by atoms with Crippen LogP contribution in [0.3, 0.4) is 0 Å². The molecule has 10 amide bonds. The Hall–Kier alpha value is -6.65. The van der Waals surface area contributed by atoms with Crippen molar-refractivity contribution in [3.63, 3.8) is 0 Å². The van der Waals surface area contributed by atoms with Crippen LogP contribution in [0.2, 0.25) is 0 Å². The molecule has 1 aromatic rings. The Morgan fingerprint density at radius 2 is 1.25 bits per heavy atom. The van der Waals surface area contributed by atoms with Gasteiger partial charge in [-0.15, -0.1) is 0 Å². The summed E-state index contributed by atoms with van der Waals surface area (Å²) in [5, 5.41) is 26.1. The number of nitrogens with zero attached hydrogens (tertiary/aromatic N) is 2. The van der Waals surface area contributed by atoms with Gasteiger partial charge < -0.3 is 63.6 Å². The molecular formula is C37H53N11O12. The van der Waals surface area contributed by atoms with Gasteiger partial charge in [-0.2, -0.15) is 0 Å². The Labute approximate surface area is 344 Å². The number of nitrogens with two attached hydrogens (primary N) is 2. The van der Waals surface area contributed by atoms with Crippen molar-refractivity contribution in [3.8, 4) is 0 Å². The first-order valence-corrected chi connectivity index (χ1v) is 19.3. The second kappa shape index (κ2) is 23.7. The molecule has 0 aromatic heterocycles. The molecule has 0 saturated carbocycles. The number of rotatable bonds is 22. The van der Waals surface area contributed by atoms with Crippen LogP contribution >= 0.6 is 0 Å². The van der Waals surface area contributed by atoms with E-state index in [1.54, 1.807) is 30.3 Å². The number of carbonyl (C=O) groups excluding carboxylic acids is 10. The SMILES string of the molecule is C[C@H](NC(=O)CNC(=O)[C@H](Cc1ccccc1)NC(=O)CNC(=O)CNC(=O)[C@@H]1CCCN1C(=O)CN)C(=O)N[C@@H](CCC(N)=O)C(=O)NCC(=O)N1CCC[C@H]1C(=O)O. The van der Waals surface area contributed by atoms with E-state index >= 15 is 0 Å². The molecule has 1 aromatic carbocycles. The fourth-order valence-corrected chi connectivity index (χ4v) is 6.50. The summed E-state index contributed by atoms with van der Waals surface area (Å²) in [5.41, 5.74) is 11.3. The highest BCUT2D eigenvalue weighted by Gasteiger charge is 2.35. The van der Waals surface area contributed by atoms with Gasteiger partial charge in [-0.1, -0.05) is 30.3 Å². The van der Waals surface area contributed by atoms with Crippen LogP contribution < -0.4 is 48.7 Å². The molecular weight excluding hydrogens is 790 g/mol. The molecule has 5 atom stereocenters. The van der Waals surface area contributed by atoms with Crippen LogP contribution in [-0.4, -0.2) is 156 Å². The Morgan fingerprint density at radius 1 is 0.683 bits per heavy atom. The van der Waals surface area contributed by atoms with Crippen molar-refractivity contribution in [2.75, 3.05) is 45.8 Å². The Morgan fingerprint density at radius 3 is 1.88 bits per heavy atom. The van der Waals surface area contributed by atoms with E-state index in [0.29, 0.717) is 31.4 Å². The molecule has 60 heavy (non-hydrogen) atoms. The molecule has 2 heterocycles. The number of primary amides is 1. The Kier molecular flexibility index (Phi) is 18.8. The van der Waals surface area contributed by atoms with Crippen LogP contribution in [-0.2, 0) is 59.2 Å². The zero-order valence-corrected chi connectivity index (χ0v) is 33.2. The summed E-state index contributed by atoms with van der Waals surface area (Å²) < 4.78 is 0. The van der Waals surface area contributed by atoms with Crippen molar-refractivity contribution < 1.29 is 57.8 Å². The van der Waals surface area contributed by atoms with Gasteiger partial charge in [-0.25, -0.2) is 4.79 Å². The summed E-state index contributed by atoms with van der Waals surface area (Å²) >= 11 is 0. The number of carbonyl (C=O) groups is 11. The van der Waals surface area contributed by atoms with Crippen molar-refractivity contribution in [1.29, 1.82) is 0 Å². The Bertz CT molecular complexity index is 1780. The van der Waals surface area contributed by atoms with E-state index in [1.165, 1.54) is 11.8 Å². The Balaban J connectivity index is 1.50. The zero-order valence-electron chi connectivity index (χ0n) is 33.2. The number of nitrogens with one attached hydrogen (secondary N) is 7. The minimum Gasteiger partial charge on any atom is -0.480 e. The molecule has 12 N–H and O–H groups in total. The molecule has 0 radical (unpaired) electrons. The summed E-state index contributed by atoms with van der Waals surface area (Å²) in [6.07, 6.45) is 1.15. The van der Waals surface area contributed by atoms with Gasteiger partial charge in [0.25, 0.3) is 0 Å². The molecule has 2 saturated heterocycles. The maximum Gasteiger partial charge on any atom is 0.326 e. The number of amides is 10. The van der Waals surface area contributed by atoms with Crippen LogP contribution in [0.5, 0.6) is 0 Å². The molecule has 0 bridgehead atoms. The van der Waals surface area contributed by atoms with E-state index < -0.39 is 121 Å². The molecule has 2 aliphatic heterocycles. The summed E-state index contributed by atoms with van der Waals surface area (Å²) in [5.74, 6) is -8.36. The first-order valence-electron chi connectivity index (χ1n) is 19.3. The lowest BCUT2D eigenvalue weighted by molar-refractivity contribution is -0.148. The summed E-state index contributed by atoms with van der Waals surface area (Å²) in [6, 6.07) is 2.91. The molecule has 328 valence electrons. The van der Waals surface area contributed by atoms with Crippen LogP contribution in [0.1, 0.15) is 51.0 Å². The lowest BCUT2D eigenvalue weighted by Gasteiger charge is -2.23. The van der Waals surface area contributed by atoms with E-state index in [9.17, 15) is 57.8 Å². The highest BCUT2D eigenvalue weighted by molar-refractivity contribution is 5.96. The fraction of sp³-hybridized carbons (Fsp3) is 0.541. The number of hydrogen-bond acceptors (Lipinski definition) is 12. The standard InChI is InChI=1S/C37H53N11O12/c1-21(33(55)46-23(11-12-27(39)49)34(56)43-20-32(54)48-14-6-10-26(48)37(59)60)44-29(51)19-41-35(57)24(15-22-7-3-2-4-8-22)45-30(52)18-40-28(50)17-42-36(58)25-9-5-13-47(25)31(53)16-38/h2-4,7-8,21,23-26H,5-6,9-20,38H2,1H3,(H2,39,49)(H,40,50)(H,41,57)(H,42,58)(H,43,56)(H,44,51)(H,45,52)(H,46,55)(H,59,60)/t21-,23-,24-,25-,26-/m0/s1. The molecule has 3 rings (SSSR count). The predicted molar refractivity (Wildman–Crippen MR) is 208 cm³/mol. The molecule has 0 aliphatic carbocycles. The minimum absolute atomic E-state index is 0.0131. The van der Waals surface area contributed by atoms with Crippen molar-refractivity contribution in [2.45, 2.75) is 82.1 Å². The van der Waals surface area contributed by atoms with E-state index in [4.69, 9.17) is 11.5 Å². The maximum absolute atomic E-state index is 13.2. The average Bonchev–Trinajstić information content (AvgIpc) is 3.93. The monoisotopic (exact) mass is 843 g/mol. The lowest BCUT2D eigenvalue weighted by Crippen LogP contribution is -2.56. The minimum atomic E-state index is -1.37. The number of likely N-dealkylation sites (tertiary alicyclic amines) is 2. The smallest absolute Gasteiger partial charge is 0.326 e. The van der Waals surface area contributed by atoms with Gasteiger partial charge in [0.05, 0.1) is 32.7 Å². The maximum atomic E-state index is 13.2. The van der Waals surface area contributed by atoms with Crippen molar-refractivity contribution in [1.82, 2.24) is 47.0 Å². The first-order chi connectivity index (χ1) is 28.5. The normalized spacial score (nSPS) is 17.2. The molecule has 0 spiro atoms. The van der Waals surface area contributed by atoms with Crippen LogP contribution in [0.15, 0.2) is 30.3 Å². The number of benzene rings is 1. The molecule has 23 nitrogen and oxygen atoms in total. The van der Waals surface area contributed by atoms with E-state index in [1.807, 2.05) is 0 Å². The van der Waals surface area contributed by atoms with Gasteiger partial charge in [-0.3, -0.25) is 47.9 Å². The van der Waals surface area contributed by atoms with Gasteiger partial charge in [0, 0.05) is 25.9 Å². The summed E-state index contributed by atoms with van der Waals surface area (Å²) in [6.45, 7) is -0.682. The topological polar surface area (TPSA) is 351 Å². The molecule has 0 unspecified atom stereocenters. The number of hydrogen-bond donors (Lipinski definition) is 10. The van der Waals surface area contributed by atoms with Gasteiger partial charge in [0.2, 0.25) is 59.1 Å². The quantitative estimate of drug-likeness (QED) is 0.0522. The summed E-state index contributed by atoms with van der Waals surface area (Å²) in [4.78, 5) is 140. The fourth-order valence-electron chi connectivity index (χ4n) is 6.50. The first kappa shape index (κ1) is 47.7. The second-order valence-corrected chi connectivity index (χ2v) is 14.1. The third-order valence-electron chi connectivity index (χ3n) is 9.63. The van der Waals surface area contributed by atoms with Crippen LogP contribution in [0.25, 0.3) is 0 Å². The number of aliphatic carboxylic acids is 1. The third-order valence-corrected chi connectivity index (χ3v) is 9.63. The zero-order chi connectivity index (χ0) is 44.4. The van der Waals surface area contributed by atoms with E-state index in [-0.39, 0.29) is 38.8 Å². The highest BCUT2D eigenvalue weighted by atomic mass is 16.4.